The molecule has 0 heterocycles. The third kappa shape index (κ3) is 4.52. The number of nitrogens with zero attached hydrogens (tertiary/aromatic N) is 1. The van der Waals surface area contributed by atoms with Crippen molar-refractivity contribution in [1.82, 2.24) is 10.7 Å². The first-order valence-electron chi connectivity index (χ1n) is 6.63. The highest BCUT2D eigenvalue weighted by Crippen LogP contribution is 2.17. The van der Waals surface area contributed by atoms with Crippen LogP contribution in [0.1, 0.15) is 37.7 Å². The van der Waals surface area contributed by atoms with E-state index in [0.717, 1.165) is 0 Å². The normalized spacial score (nSPS) is 16.4. The Labute approximate surface area is 118 Å². The maximum atomic E-state index is 9.57. The topological polar surface area (TPSA) is 56.7 Å². The SMILES string of the molecule is Oc1ccccc1C=NNC(=S)NC1CCCCC1. The number of rotatable bonds is 3. The number of hydrogen-bond acceptors (Lipinski definition) is 3. The van der Waals surface area contributed by atoms with E-state index in [2.05, 4.69) is 15.8 Å². The molecule has 0 radical (unpaired) electrons. The summed E-state index contributed by atoms with van der Waals surface area (Å²) in [5, 5.41) is 17.4. The van der Waals surface area contributed by atoms with Crippen molar-refractivity contribution in [1.29, 1.82) is 0 Å². The third-order valence-corrected chi connectivity index (χ3v) is 3.46. The van der Waals surface area contributed by atoms with Crippen molar-refractivity contribution >= 4 is 23.5 Å². The van der Waals surface area contributed by atoms with E-state index in [1.807, 2.05) is 6.07 Å². The fourth-order valence-corrected chi connectivity index (χ4v) is 2.44. The molecule has 1 saturated carbocycles. The molecule has 0 amide bonds. The molecule has 0 atom stereocenters. The summed E-state index contributed by atoms with van der Waals surface area (Å²) in [5.41, 5.74) is 3.45. The van der Waals surface area contributed by atoms with Gasteiger partial charge in [-0.15, -0.1) is 0 Å². The molecule has 19 heavy (non-hydrogen) atoms. The zero-order chi connectivity index (χ0) is 13.5. The smallest absolute Gasteiger partial charge is 0.187 e. The number of thiocarbonyl (C=S) groups is 1. The van der Waals surface area contributed by atoms with Crippen LogP contribution in [-0.2, 0) is 0 Å². The molecule has 0 spiro atoms. The van der Waals surface area contributed by atoms with E-state index in [9.17, 15) is 5.11 Å². The van der Waals surface area contributed by atoms with Gasteiger partial charge in [0, 0.05) is 11.6 Å². The predicted octanol–water partition coefficient (Wildman–Crippen LogP) is 2.52. The van der Waals surface area contributed by atoms with Gasteiger partial charge in [-0.25, -0.2) is 0 Å². The van der Waals surface area contributed by atoms with Gasteiger partial charge in [-0.05, 0) is 37.2 Å². The first kappa shape index (κ1) is 13.8. The molecule has 1 aliphatic rings. The number of aromatic hydroxyl groups is 1. The van der Waals surface area contributed by atoms with Crippen LogP contribution in [0.4, 0.5) is 0 Å². The summed E-state index contributed by atoms with van der Waals surface area (Å²) in [7, 11) is 0. The van der Waals surface area contributed by atoms with Gasteiger partial charge in [-0.3, -0.25) is 5.43 Å². The van der Waals surface area contributed by atoms with E-state index in [1.165, 1.54) is 32.1 Å². The van der Waals surface area contributed by atoms with Gasteiger partial charge in [0.05, 0.1) is 6.21 Å². The first-order valence-corrected chi connectivity index (χ1v) is 7.04. The summed E-state index contributed by atoms with van der Waals surface area (Å²) in [5.74, 6) is 0.208. The van der Waals surface area contributed by atoms with Crippen LogP contribution in [0.5, 0.6) is 5.75 Å². The molecule has 2 rings (SSSR count). The second-order valence-electron chi connectivity index (χ2n) is 4.74. The summed E-state index contributed by atoms with van der Waals surface area (Å²) in [6, 6.07) is 7.50. The molecule has 0 saturated heterocycles. The van der Waals surface area contributed by atoms with E-state index in [4.69, 9.17) is 12.2 Å². The molecule has 1 aromatic rings. The Morgan fingerprint density at radius 1 is 1.26 bits per heavy atom. The summed E-state index contributed by atoms with van der Waals surface area (Å²) in [6.45, 7) is 0. The van der Waals surface area contributed by atoms with Crippen LogP contribution in [0.25, 0.3) is 0 Å². The minimum absolute atomic E-state index is 0.208. The molecule has 0 bridgehead atoms. The van der Waals surface area contributed by atoms with Gasteiger partial charge in [0.15, 0.2) is 5.11 Å². The lowest BCUT2D eigenvalue weighted by atomic mass is 9.96. The van der Waals surface area contributed by atoms with Gasteiger partial charge in [0.25, 0.3) is 0 Å². The zero-order valence-corrected chi connectivity index (χ0v) is 11.6. The Hall–Kier alpha value is -1.62. The Balaban J connectivity index is 1.78. The Morgan fingerprint density at radius 3 is 2.74 bits per heavy atom. The van der Waals surface area contributed by atoms with E-state index in [1.54, 1.807) is 24.4 Å². The lowest BCUT2D eigenvalue weighted by molar-refractivity contribution is 0.412. The highest BCUT2D eigenvalue weighted by molar-refractivity contribution is 7.80. The molecule has 0 aromatic heterocycles. The van der Waals surface area contributed by atoms with Gasteiger partial charge >= 0.3 is 0 Å². The number of para-hydroxylation sites is 1. The minimum Gasteiger partial charge on any atom is -0.507 e. The van der Waals surface area contributed by atoms with Crippen molar-refractivity contribution in [3.05, 3.63) is 29.8 Å². The van der Waals surface area contributed by atoms with Crippen LogP contribution in [-0.4, -0.2) is 22.5 Å². The van der Waals surface area contributed by atoms with Gasteiger partial charge in [0.2, 0.25) is 0 Å². The Bertz CT molecular complexity index is 456. The molecule has 1 aliphatic carbocycles. The van der Waals surface area contributed by atoms with E-state index < -0.39 is 0 Å². The largest absolute Gasteiger partial charge is 0.507 e. The number of phenols is 1. The molecule has 4 nitrogen and oxygen atoms in total. The summed E-state index contributed by atoms with van der Waals surface area (Å²) in [4.78, 5) is 0. The maximum Gasteiger partial charge on any atom is 0.187 e. The number of benzene rings is 1. The highest BCUT2D eigenvalue weighted by Gasteiger charge is 2.13. The average molecular weight is 277 g/mol. The quantitative estimate of drug-likeness (QED) is 0.451. The molecule has 0 aliphatic heterocycles. The average Bonchev–Trinajstić information content (AvgIpc) is 2.42. The van der Waals surface area contributed by atoms with Crippen LogP contribution in [0.2, 0.25) is 0 Å². The van der Waals surface area contributed by atoms with Crippen LogP contribution >= 0.6 is 12.2 Å². The van der Waals surface area contributed by atoms with Crippen LogP contribution in [0.3, 0.4) is 0 Å². The molecular formula is C14H19N3OS. The van der Waals surface area contributed by atoms with E-state index >= 15 is 0 Å². The van der Waals surface area contributed by atoms with Crippen LogP contribution in [0.15, 0.2) is 29.4 Å². The molecular weight excluding hydrogens is 258 g/mol. The molecule has 3 N–H and O–H groups in total. The number of hydrogen-bond donors (Lipinski definition) is 3. The summed E-state index contributed by atoms with van der Waals surface area (Å²) < 4.78 is 0. The number of phenolic OH excluding ortho intramolecular Hbond substituents is 1. The number of hydrazone groups is 1. The van der Waals surface area contributed by atoms with Crippen LogP contribution < -0.4 is 10.7 Å². The fourth-order valence-electron chi connectivity index (χ4n) is 2.22. The molecule has 1 fully saturated rings. The standard InChI is InChI=1S/C14H19N3OS/c18-13-9-5-4-6-11(13)10-15-17-14(19)16-12-7-2-1-3-8-12/h4-6,9-10,12,18H,1-3,7-8H2,(H2,16,17,19). The lowest BCUT2D eigenvalue weighted by Crippen LogP contribution is -2.40. The minimum atomic E-state index is 0.208. The number of nitrogens with one attached hydrogen (secondary N) is 2. The van der Waals surface area contributed by atoms with Crippen molar-refractivity contribution in [3.63, 3.8) is 0 Å². The lowest BCUT2D eigenvalue weighted by Gasteiger charge is -2.23. The van der Waals surface area contributed by atoms with Gasteiger partial charge in [-0.1, -0.05) is 31.4 Å². The molecule has 1 aromatic carbocycles. The molecule has 5 heteroatoms. The Kier molecular flexibility index (Phi) is 5.15. The summed E-state index contributed by atoms with van der Waals surface area (Å²) in [6.07, 6.45) is 7.76. The third-order valence-electron chi connectivity index (χ3n) is 3.25. The molecule has 0 unspecified atom stereocenters. The molecule has 102 valence electrons. The van der Waals surface area contributed by atoms with Crippen molar-refractivity contribution in [2.45, 2.75) is 38.1 Å². The second kappa shape index (κ2) is 7.09. The monoisotopic (exact) mass is 277 g/mol. The van der Waals surface area contributed by atoms with Crippen molar-refractivity contribution in [2.75, 3.05) is 0 Å². The predicted molar refractivity (Wildman–Crippen MR) is 81.4 cm³/mol. The summed E-state index contributed by atoms with van der Waals surface area (Å²) >= 11 is 5.18. The Morgan fingerprint density at radius 2 is 2.00 bits per heavy atom. The van der Waals surface area contributed by atoms with E-state index in [-0.39, 0.29) is 5.75 Å². The zero-order valence-electron chi connectivity index (χ0n) is 10.8. The van der Waals surface area contributed by atoms with Gasteiger partial charge < -0.3 is 10.4 Å². The van der Waals surface area contributed by atoms with Crippen LogP contribution in [0, 0.1) is 0 Å². The van der Waals surface area contributed by atoms with Gasteiger partial charge in [-0.2, -0.15) is 5.10 Å². The second-order valence-corrected chi connectivity index (χ2v) is 5.15. The van der Waals surface area contributed by atoms with Crippen molar-refractivity contribution in [2.24, 2.45) is 5.10 Å². The van der Waals surface area contributed by atoms with Gasteiger partial charge in [0.1, 0.15) is 5.75 Å². The van der Waals surface area contributed by atoms with Crippen molar-refractivity contribution in [3.8, 4) is 5.75 Å². The fraction of sp³-hybridized carbons (Fsp3) is 0.429. The highest BCUT2D eigenvalue weighted by atomic mass is 32.1. The van der Waals surface area contributed by atoms with Crippen molar-refractivity contribution < 1.29 is 5.11 Å². The van der Waals surface area contributed by atoms with E-state index in [0.29, 0.717) is 16.7 Å². The maximum absolute atomic E-state index is 9.57. The first-order chi connectivity index (χ1) is 9.25.